The van der Waals surface area contributed by atoms with Crippen molar-refractivity contribution in [2.75, 3.05) is 19.6 Å². The Morgan fingerprint density at radius 3 is 2.71 bits per heavy atom. The van der Waals surface area contributed by atoms with Gasteiger partial charge >= 0.3 is 0 Å². The van der Waals surface area contributed by atoms with E-state index in [-0.39, 0.29) is 5.91 Å². The topological polar surface area (TPSA) is 41.1 Å². The van der Waals surface area contributed by atoms with Gasteiger partial charge in [0, 0.05) is 23.7 Å². The van der Waals surface area contributed by atoms with E-state index < -0.39 is 0 Å². The molecule has 4 heteroatoms. The SMILES string of the molecule is CCCNCCNC(=O)c1ccc(Cl)cc1C. The molecule has 1 aromatic carbocycles. The molecule has 1 rings (SSSR count). The first-order chi connectivity index (χ1) is 8.15. The van der Waals surface area contributed by atoms with E-state index in [0.717, 1.165) is 25.1 Å². The van der Waals surface area contributed by atoms with Crippen LogP contribution in [0.15, 0.2) is 18.2 Å². The van der Waals surface area contributed by atoms with E-state index in [0.29, 0.717) is 17.1 Å². The highest BCUT2D eigenvalue weighted by atomic mass is 35.5. The van der Waals surface area contributed by atoms with E-state index in [1.54, 1.807) is 18.2 Å². The van der Waals surface area contributed by atoms with Crippen LogP contribution in [0.2, 0.25) is 5.02 Å². The van der Waals surface area contributed by atoms with Gasteiger partial charge in [-0.1, -0.05) is 18.5 Å². The summed E-state index contributed by atoms with van der Waals surface area (Å²) in [4.78, 5) is 11.8. The van der Waals surface area contributed by atoms with Crippen molar-refractivity contribution < 1.29 is 4.79 Å². The van der Waals surface area contributed by atoms with Gasteiger partial charge < -0.3 is 10.6 Å². The van der Waals surface area contributed by atoms with E-state index >= 15 is 0 Å². The summed E-state index contributed by atoms with van der Waals surface area (Å²) in [5.74, 6) is -0.0440. The van der Waals surface area contributed by atoms with Gasteiger partial charge in [0.15, 0.2) is 0 Å². The number of halogens is 1. The largest absolute Gasteiger partial charge is 0.351 e. The van der Waals surface area contributed by atoms with Crippen LogP contribution in [-0.4, -0.2) is 25.5 Å². The molecule has 0 radical (unpaired) electrons. The van der Waals surface area contributed by atoms with E-state index in [1.807, 2.05) is 6.92 Å². The van der Waals surface area contributed by atoms with Crippen LogP contribution >= 0.6 is 11.6 Å². The van der Waals surface area contributed by atoms with Crippen LogP contribution in [0, 0.1) is 6.92 Å². The molecule has 0 aliphatic rings. The lowest BCUT2D eigenvalue weighted by Crippen LogP contribution is -2.32. The summed E-state index contributed by atoms with van der Waals surface area (Å²) in [5.41, 5.74) is 1.58. The minimum Gasteiger partial charge on any atom is -0.351 e. The third kappa shape index (κ3) is 4.75. The number of hydrogen-bond donors (Lipinski definition) is 2. The van der Waals surface area contributed by atoms with Crippen LogP contribution < -0.4 is 10.6 Å². The van der Waals surface area contributed by atoms with E-state index in [1.165, 1.54) is 0 Å². The number of rotatable bonds is 6. The van der Waals surface area contributed by atoms with Crippen molar-refractivity contribution in [1.82, 2.24) is 10.6 Å². The average Bonchev–Trinajstić information content (AvgIpc) is 2.28. The zero-order valence-electron chi connectivity index (χ0n) is 10.3. The highest BCUT2D eigenvalue weighted by molar-refractivity contribution is 6.30. The molecule has 0 aliphatic carbocycles. The number of carbonyl (C=O) groups is 1. The number of carbonyl (C=O) groups excluding carboxylic acids is 1. The third-order valence-corrected chi connectivity index (χ3v) is 2.68. The molecule has 94 valence electrons. The Balaban J connectivity index is 2.42. The molecule has 3 nitrogen and oxygen atoms in total. The molecule has 2 N–H and O–H groups in total. The minimum atomic E-state index is -0.0440. The van der Waals surface area contributed by atoms with Gasteiger partial charge in [-0.15, -0.1) is 0 Å². The first-order valence-electron chi connectivity index (χ1n) is 5.90. The zero-order chi connectivity index (χ0) is 12.7. The van der Waals surface area contributed by atoms with Gasteiger partial charge in [-0.05, 0) is 43.7 Å². The third-order valence-electron chi connectivity index (χ3n) is 2.45. The second kappa shape index (κ2) is 7.30. The van der Waals surface area contributed by atoms with Gasteiger partial charge in [-0.2, -0.15) is 0 Å². The number of amides is 1. The Labute approximate surface area is 108 Å². The summed E-state index contributed by atoms with van der Waals surface area (Å²) in [7, 11) is 0. The van der Waals surface area contributed by atoms with Gasteiger partial charge in [0.2, 0.25) is 0 Å². The predicted octanol–water partition coefficient (Wildman–Crippen LogP) is 2.38. The number of nitrogens with one attached hydrogen (secondary N) is 2. The predicted molar refractivity (Wildman–Crippen MR) is 71.7 cm³/mol. The lowest BCUT2D eigenvalue weighted by molar-refractivity contribution is 0.0953. The summed E-state index contributed by atoms with van der Waals surface area (Å²) in [6.45, 7) is 6.42. The molecule has 1 amide bonds. The first-order valence-corrected chi connectivity index (χ1v) is 6.28. The Morgan fingerprint density at radius 2 is 2.06 bits per heavy atom. The summed E-state index contributed by atoms with van der Waals surface area (Å²) >= 11 is 5.84. The van der Waals surface area contributed by atoms with Crippen LogP contribution in [0.5, 0.6) is 0 Å². The molecule has 0 bridgehead atoms. The molecule has 0 saturated heterocycles. The highest BCUT2D eigenvalue weighted by Gasteiger charge is 2.07. The summed E-state index contributed by atoms with van der Waals surface area (Å²) < 4.78 is 0. The van der Waals surface area contributed by atoms with Crippen molar-refractivity contribution in [1.29, 1.82) is 0 Å². The Kier molecular flexibility index (Phi) is 6.01. The van der Waals surface area contributed by atoms with Gasteiger partial charge in [-0.3, -0.25) is 4.79 Å². The standard InChI is InChI=1S/C13H19ClN2O/c1-3-6-15-7-8-16-13(17)12-5-4-11(14)9-10(12)2/h4-5,9,15H,3,6-8H2,1-2H3,(H,16,17). The van der Waals surface area contributed by atoms with Crippen molar-refractivity contribution in [3.05, 3.63) is 34.3 Å². The fourth-order valence-corrected chi connectivity index (χ4v) is 1.77. The molecule has 0 aliphatic heterocycles. The summed E-state index contributed by atoms with van der Waals surface area (Å²) in [6, 6.07) is 5.29. The van der Waals surface area contributed by atoms with E-state index in [4.69, 9.17) is 11.6 Å². The quantitative estimate of drug-likeness (QED) is 0.766. The van der Waals surface area contributed by atoms with Gasteiger partial charge in [0.05, 0.1) is 0 Å². The number of hydrogen-bond acceptors (Lipinski definition) is 2. The molecule has 0 atom stereocenters. The van der Waals surface area contributed by atoms with Gasteiger partial charge in [-0.25, -0.2) is 0 Å². The Morgan fingerprint density at radius 1 is 1.29 bits per heavy atom. The van der Waals surface area contributed by atoms with Crippen LogP contribution in [-0.2, 0) is 0 Å². The molecule has 0 unspecified atom stereocenters. The lowest BCUT2D eigenvalue weighted by atomic mass is 10.1. The summed E-state index contributed by atoms with van der Waals surface area (Å²) in [6.07, 6.45) is 1.10. The fourth-order valence-electron chi connectivity index (χ4n) is 1.54. The maximum absolute atomic E-state index is 11.8. The minimum absolute atomic E-state index is 0.0440. The molecule has 0 saturated carbocycles. The smallest absolute Gasteiger partial charge is 0.251 e. The van der Waals surface area contributed by atoms with Crippen LogP contribution in [0.4, 0.5) is 0 Å². The number of benzene rings is 1. The molecule has 0 heterocycles. The molecular formula is C13H19ClN2O. The van der Waals surface area contributed by atoms with Gasteiger partial charge in [0.25, 0.3) is 5.91 Å². The Hall–Kier alpha value is -1.06. The number of aryl methyl sites for hydroxylation is 1. The molecule has 0 aromatic heterocycles. The molecule has 0 fully saturated rings. The summed E-state index contributed by atoms with van der Waals surface area (Å²) in [5, 5.41) is 6.76. The normalized spacial score (nSPS) is 10.3. The van der Waals surface area contributed by atoms with Crippen LogP contribution in [0.3, 0.4) is 0 Å². The van der Waals surface area contributed by atoms with Crippen molar-refractivity contribution >= 4 is 17.5 Å². The second-order valence-electron chi connectivity index (χ2n) is 3.97. The maximum Gasteiger partial charge on any atom is 0.251 e. The lowest BCUT2D eigenvalue weighted by Gasteiger charge is -2.08. The van der Waals surface area contributed by atoms with E-state index in [9.17, 15) is 4.79 Å². The molecule has 17 heavy (non-hydrogen) atoms. The molecule has 0 spiro atoms. The van der Waals surface area contributed by atoms with Crippen molar-refractivity contribution in [3.8, 4) is 0 Å². The van der Waals surface area contributed by atoms with Crippen molar-refractivity contribution in [2.45, 2.75) is 20.3 Å². The van der Waals surface area contributed by atoms with Gasteiger partial charge in [0.1, 0.15) is 0 Å². The molecule has 1 aromatic rings. The first kappa shape index (κ1) is 14.0. The fraction of sp³-hybridized carbons (Fsp3) is 0.462. The van der Waals surface area contributed by atoms with Crippen LogP contribution in [0.1, 0.15) is 29.3 Å². The second-order valence-corrected chi connectivity index (χ2v) is 4.40. The Bertz CT molecular complexity index is 380. The average molecular weight is 255 g/mol. The van der Waals surface area contributed by atoms with Crippen molar-refractivity contribution in [3.63, 3.8) is 0 Å². The van der Waals surface area contributed by atoms with E-state index in [2.05, 4.69) is 17.6 Å². The molecular weight excluding hydrogens is 236 g/mol. The maximum atomic E-state index is 11.8. The highest BCUT2D eigenvalue weighted by Crippen LogP contribution is 2.14. The van der Waals surface area contributed by atoms with Crippen LogP contribution in [0.25, 0.3) is 0 Å². The monoisotopic (exact) mass is 254 g/mol. The zero-order valence-corrected chi connectivity index (χ0v) is 11.1. The van der Waals surface area contributed by atoms with Crippen molar-refractivity contribution in [2.24, 2.45) is 0 Å².